The summed E-state index contributed by atoms with van der Waals surface area (Å²) in [6.45, 7) is 0. The molecule has 2 aromatic rings. The molecule has 2 rings (SSSR count). The van der Waals surface area contributed by atoms with Crippen molar-refractivity contribution in [1.82, 2.24) is 0 Å². The van der Waals surface area contributed by atoms with Crippen LogP contribution in [0.3, 0.4) is 0 Å². The maximum Gasteiger partial charge on any atom is 0.186 e. The molecule has 0 amide bonds. The summed E-state index contributed by atoms with van der Waals surface area (Å²) in [5.74, 6) is -0.603. The third kappa shape index (κ3) is 1.08. The van der Waals surface area contributed by atoms with Crippen molar-refractivity contribution < 1.29 is 10.2 Å². The lowest BCUT2D eigenvalue weighted by molar-refractivity contribution is 0.405. The van der Waals surface area contributed by atoms with E-state index in [0.717, 1.165) is 5.39 Å². The van der Waals surface area contributed by atoms with Gasteiger partial charge in [-0.15, -0.1) is 0 Å². The van der Waals surface area contributed by atoms with E-state index < -0.39 is 0 Å². The molecule has 0 radical (unpaired) electrons. The average Bonchev–Trinajstić information content (AvgIpc) is 2.20. The van der Waals surface area contributed by atoms with E-state index in [0.29, 0.717) is 5.39 Å². The minimum atomic E-state index is -0.348. The Morgan fingerprint density at radius 1 is 1.14 bits per heavy atom. The Bertz CT molecular complexity index is 509. The van der Waals surface area contributed by atoms with Crippen LogP contribution in [0.2, 0.25) is 0 Å². The van der Waals surface area contributed by atoms with E-state index in [1.807, 2.05) is 6.07 Å². The van der Waals surface area contributed by atoms with Crippen molar-refractivity contribution in [2.24, 2.45) is 5.11 Å². The number of benzene rings is 2. The Hall–Kier alpha value is -2.10. The van der Waals surface area contributed by atoms with E-state index in [2.05, 4.69) is 5.11 Å². The molecule has 2 aromatic carbocycles. The number of rotatable bonds is 1. The first kappa shape index (κ1) is 8.50. The molecule has 0 aromatic heterocycles. The van der Waals surface area contributed by atoms with Gasteiger partial charge in [0.1, 0.15) is 5.69 Å². The van der Waals surface area contributed by atoms with Crippen molar-refractivity contribution in [2.75, 3.05) is 0 Å². The number of nitrogens with one attached hydrogen (secondary N) is 1. The van der Waals surface area contributed by atoms with Gasteiger partial charge < -0.3 is 10.2 Å². The summed E-state index contributed by atoms with van der Waals surface area (Å²) in [5, 5.41) is 23.4. The van der Waals surface area contributed by atoms with Crippen LogP contribution < -0.4 is 0 Å². The summed E-state index contributed by atoms with van der Waals surface area (Å²) in [6.07, 6.45) is 0. The van der Waals surface area contributed by atoms with Crippen LogP contribution in [0.1, 0.15) is 0 Å². The highest BCUT2D eigenvalue weighted by molar-refractivity contribution is 5.97. The monoisotopic (exact) mass is 188 g/mol. The molecular formula is C10H8N2O2. The van der Waals surface area contributed by atoms with Crippen LogP contribution in [0.5, 0.6) is 11.5 Å². The van der Waals surface area contributed by atoms with E-state index in [1.165, 1.54) is 6.07 Å². The molecule has 0 aliphatic rings. The van der Waals surface area contributed by atoms with E-state index in [1.54, 1.807) is 18.2 Å². The zero-order chi connectivity index (χ0) is 10.1. The Labute approximate surface area is 79.9 Å². The first-order chi connectivity index (χ1) is 6.74. The molecule has 0 aliphatic carbocycles. The van der Waals surface area contributed by atoms with Crippen LogP contribution in [0, 0.1) is 5.53 Å². The van der Waals surface area contributed by atoms with Gasteiger partial charge in [0.25, 0.3) is 0 Å². The second kappa shape index (κ2) is 2.99. The van der Waals surface area contributed by atoms with E-state index in [4.69, 9.17) is 5.53 Å². The first-order valence-corrected chi connectivity index (χ1v) is 4.05. The van der Waals surface area contributed by atoms with Gasteiger partial charge in [-0.05, 0) is 11.5 Å². The second-order valence-electron chi connectivity index (χ2n) is 2.93. The van der Waals surface area contributed by atoms with E-state index in [9.17, 15) is 10.2 Å². The molecule has 4 nitrogen and oxygen atoms in total. The Kier molecular flexibility index (Phi) is 1.81. The van der Waals surface area contributed by atoms with Crippen molar-refractivity contribution in [3.05, 3.63) is 30.3 Å². The highest BCUT2D eigenvalue weighted by atomic mass is 16.3. The second-order valence-corrected chi connectivity index (χ2v) is 2.93. The molecule has 0 aliphatic heterocycles. The molecule has 0 saturated heterocycles. The largest absolute Gasteiger partial charge is 0.504 e. The molecular weight excluding hydrogens is 180 g/mol. The van der Waals surface area contributed by atoms with Crippen molar-refractivity contribution in [3.8, 4) is 11.5 Å². The lowest BCUT2D eigenvalue weighted by Crippen LogP contribution is -1.76. The minimum Gasteiger partial charge on any atom is -0.504 e. The first-order valence-electron chi connectivity index (χ1n) is 4.05. The number of phenols is 2. The maximum atomic E-state index is 9.43. The maximum absolute atomic E-state index is 9.43. The SMILES string of the molecule is N=Nc1c(O)c(O)cc2ccccc12. The molecule has 0 unspecified atom stereocenters. The predicted octanol–water partition coefficient (Wildman–Crippen LogP) is 2.91. The van der Waals surface area contributed by atoms with Gasteiger partial charge in [-0.2, -0.15) is 5.11 Å². The summed E-state index contributed by atoms with van der Waals surface area (Å²) in [6, 6.07) is 8.56. The number of nitrogens with zero attached hydrogens (tertiary/aromatic N) is 1. The molecule has 14 heavy (non-hydrogen) atoms. The van der Waals surface area contributed by atoms with E-state index in [-0.39, 0.29) is 17.2 Å². The minimum absolute atomic E-state index is 0.0978. The average molecular weight is 188 g/mol. The molecule has 0 bridgehead atoms. The third-order valence-corrected chi connectivity index (χ3v) is 2.09. The Morgan fingerprint density at radius 2 is 1.86 bits per heavy atom. The summed E-state index contributed by atoms with van der Waals surface area (Å²) in [5.41, 5.74) is 7.01. The number of phenolic OH excluding ortho intramolecular Hbond substituents is 2. The predicted molar refractivity (Wildman–Crippen MR) is 52.1 cm³/mol. The van der Waals surface area contributed by atoms with Crippen molar-refractivity contribution in [1.29, 1.82) is 5.53 Å². The molecule has 4 heteroatoms. The third-order valence-electron chi connectivity index (χ3n) is 2.09. The smallest absolute Gasteiger partial charge is 0.186 e. The zero-order valence-corrected chi connectivity index (χ0v) is 7.23. The molecule has 70 valence electrons. The highest BCUT2D eigenvalue weighted by Gasteiger charge is 2.10. The van der Waals surface area contributed by atoms with Crippen LogP contribution in [0.15, 0.2) is 35.4 Å². The zero-order valence-electron chi connectivity index (χ0n) is 7.23. The lowest BCUT2D eigenvalue weighted by Gasteiger charge is -2.04. The summed E-state index contributed by atoms with van der Waals surface area (Å²) in [7, 11) is 0. The molecule has 0 fully saturated rings. The number of fused-ring (bicyclic) bond motifs is 1. The van der Waals surface area contributed by atoms with Gasteiger partial charge >= 0.3 is 0 Å². The molecule has 0 atom stereocenters. The fourth-order valence-corrected chi connectivity index (χ4v) is 1.42. The quantitative estimate of drug-likeness (QED) is 0.475. The number of aromatic hydroxyl groups is 2. The van der Waals surface area contributed by atoms with Crippen LogP contribution in [-0.2, 0) is 0 Å². The van der Waals surface area contributed by atoms with Crippen LogP contribution in [0.4, 0.5) is 5.69 Å². The van der Waals surface area contributed by atoms with Crippen LogP contribution in [0.25, 0.3) is 10.8 Å². The highest BCUT2D eigenvalue weighted by Crippen LogP contribution is 2.41. The molecule has 0 spiro atoms. The number of hydrogen-bond donors (Lipinski definition) is 3. The van der Waals surface area contributed by atoms with E-state index >= 15 is 0 Å². The van der Waals surface area contributed by atoms with Gasteiger partial charge in [0.15, 0.2) is 11.5 Å². The summed E-state index contributed by atoms with van der Waals surface area (Å²) in [4.78, 5) is 0. The summed E-state index contributed by atoms with van der Waals surface area (Å²) >= 11 is 0. The van der Waals surface area contributed by atoms with Gasteiger partial charge in [-0.25, -0.2) is 5.53 Å². The molecule has 3 N–H and O–H groups in total. The Morgan fingerprint density at radius 3 is 2.57 bits per heavy atom. The van der Waals surface area contributed by atoms with Gasteiger partial charge in [0.05, 0.1) is 0 Å². The molecule has 0 saturated carbocycles. The van der Waals surface area contributed by atoms with Gasteiger partial charge in [-0.3, -0.25) is 0 Å². The van der Waals surface area contributed by atoms with Crippen molar-refractivity contribution >= 4 is 16.5 Å². The van der Waals surface area contributed by atoms with Gasteiger partial charge in [0, 0.05) is 5.39 Å². The normalized spacial score (nSPS) is 10.3. The Balaban J connectivity index is 2.96. The van der Waals surface area contributed by atoms with Crippen molar-refractivity contribution in [3.63, 3.8) is 0 Å². The fourth-order valence-electron chi connectivity index (χ4n) is 1.42. The van der Waals surface area contributed by atoms with Crippen LogP contribution in [-0.4, -0.2) is 10.2 Å². The van der Waals surface area contributed by atoms with Crippen LogP contribution >= 0.6 is 0 Å². The van der Waals surface area contributed by atoms with Gasteiger partial charge in [-0.1, -0.05) is 24.3 Å². The van der Waals surface area contributed by atoms with Crippen molar-refractivity contribution in [2.45, 2.75) is 0 Å². The topological polar surface area (TPSA) is 76.7 Å². The lowest BCUT2D eigenvalue weighted by atomic mass is 10.1. The van der Waals surface area contributed by atoms with Gasteiger partial charge in [0.2, 0.25) is 0 Å². The summed E-state index contributed by atoms with van der Waals surface area (Å²) < 4.78 is 0. The standard InChI is InChI=1S/C10H8N2O2/c11-12-9-7-4-2-1-3-6(7)5-8(13)10(9)14/h1-5,11,13-14H. The molecule has 0 heterocycles. The fraction of sp³-hybridized carbons (Fsp3) is 0. The number of hydrogen-bond acceptors (Lipinski definition) is 4.